The molecule has 0 aliphatic carbocycles. The normalized spacial score (nSPS) is 10.6. The molecule has 2 rings (SSSR count). The lowest BCUT2D eigenvalue weighted by Gasteiger charge is -2.13. The molecule has 0 bridgehead atoms. The van der Waals surface area contributed by atoms with Gasteiger partial charge in [-0.1, -0.05) is 36.4 Å². The molecule has 0 amide bonds. The molecule has 126 valence electrons. The number of nitrogens with two attached hydrogens (primary N) is 1. The van der Waals surface area contributed by atoms with E-state index in [1.165, 1.54) is 0 Å². The average molecular weight is 325 g/mol. The molecule has 2 aromatic rings. The molecule has 0 radical (unpaired) electrons. The molecule has 5 heteroatoms. The highest BCUT2D eigenvalue weighted by atomic mass is 16.5. The van der Waals surface area contributed by atoms with Gasteiger partial charge in [0.15, 0.2) is 0 Å². The van der Waals surface area contributed by atoms with E-state index in [2.05, 4.69) is 13.2 Å². The van der Waals surface area contributed by atoms with E-state index in [-0.39, 0.29) is 0 Å². The van der Waals surface area contributed by atoms with Gasteiger partial charge in [-0.15, -0.1) is 13.2 Å². The minimum Gasteiger partial charge on any atom is -0.496 e. The lowest BCUT2D eigenvalue weighted by atomic mass is 9.79. The fourth-order valence-electron chi connectivity index (χ4n) is 2.42. The largest absolute Gasteiger partial charge is 0.496 e. The summed E-state index contributed by atoms with van der Waals surface area (Å²) >= 11 is 0. The molecule has 24 heavy (non-hydrogen) atoms. The second-order valence-electron chi connectivity index (χ2n) is 5.11. The Hall–Kier alpha value is -2.50. The van der Waals surface area contributed by atoms with Crippen molar-refractivity contribution in [3.8, 4) is 16.9 Å². The first-order valence-electron chi connectivity index (χ1n) is 7.55. The lowest BCUT2D eigenvalue weighted by molar-refractivity contribution is 0.415. The van der Waals surface area contributed by atoms with Gasteiger partial charge in [-0.3, -0.25) is 0 Å². The minimum atomic E-state index is -1.51. The van der Waals surface area contributed by atoms with Gasteiger partial charge in [0.1, 0.15) is 5.75 Å². The van der Waals surface area contributed by atoms with Crippen molar-refractivity contribution in [2.45, 2.75) is 13.8 Å². The summed E-state index contributed by atoms with van der Waals surface area (Å²) in [5.74, 6) is 0.676. The van der Waals surface area contributed by atoms with Crippen molar-refractivity contribution in [1.82, 2.24) is 0 Å². The van der Waals surface area contributed by atoms with Gasteiger partial charge in [0.25, 0.3) is 0 Å². The number of methoxy groups -OCH3 is 1. The van der Waals surface area contributed by atoms with Gasteiger partial charge in [0.05, 0.1) is 7.11 Å². The van der Waals surface area contributed by atoms with Gasteiger partial charge >= 0.3 is 7.12 Å². The van der Waals surface area contributed by atoms with Crippen LogP contribution in [-0.4, -0.2) is 24.3 Å². The number of hydrogen-bond acceptors (Lipinski definition) is 4. The predicted molar refractivity (Wildman–Crippen MR) is 102 cm³/mol. The second kappa shape index (κ2) is 8.96. The molecule has 2 aromatic carbocycles. The van der Waals surface area contributed by atoms with E-state index in [1.807, 2.05) is 38.1 Å². The zero-order valence-electron chi connectivity index (χ0n) is 14.4. The van der Waals surface area contributed by atoms with Crippen LogP contribution in [0.3, 0.4) is 0 Å². The van der Waals surface area contributed by atoms with Gasteiger partial charge in [0.2, 0.25) is 0 Å². The predicted octanol–water partition coefficient (Wildman–Crippen LogP) is 2.47. The van der Waals surface area contributed by atoms with Crippen molar-refractivity contribution < 1.29 is 14.8 Å². The average Bonchev–Trinajstić information content (AvgIpc) is 2.62. The van der Waals surface area contributed by atoms with Crippen LogP contribution < -0.4 is 15.9 Å². The maximum atomic E-state index is 9.35. The topological polar surface area (TPSA) is 75.7 Å². The van der Waals surface area contributed by atoms with Crippen molar-refractivity contribution >= 4 is 18.3 Å². The zero-order chi connectivity index (χ0) is 18.3. The van der Waals surface area contributed by atoms with E-state index in [1.54, 1.807) is 25.3 Å². The van der Waals surface area contributed by atoms with E-state index in [9.17, 15) is 10.0 Å². The highest BCUT2D eigenvalue weighted by Gasteiger charge is 2.15. The first-order chi connectivity index (χ1) is 11.5. The molecule has 0 aromatic heterocycles. The second-order valence-corrected chi connectivity index (χ2v) is 5.11. The molecule has 4 N–H and O–H groups in total. The number of allylic oxidation sites excluding steroid dienone is 1. The Morgan fingerprint density at radius 3 is 2.33 bits per heavy atom. The quantitative estimate of drug-likeness (QED) is 0.596. The standard InChI is InChI=1S/C17H20BNO3.C2H4/c1-4-16(19)14-7-5-12(9-11(14)2)15-10-13(18(20)21)6-8-17(15)22-3;1-2/h4-10,20-21H,19H2,1-3H3;1-2H2/b16-4+;. The first-order valence-corrected chi connectivity index (χ1v) is 7.55. The van der Waals surface area contributed by atoms with Gasteiger partial charge < -0.3 is 20.5 Å². The Labute approximate surface area is 144 Å². The number of aryl methyl sites for hydroxylation is 1. The summed E-state index contributed by atoms with van der Waals surface area (Å²) in [4.78, 5) is 0. The molecule has 0 aliphatic rings. The van der Waals surface area contributed by atoms with Crippen molar-refractivity contribution in [3.05, 3.63) is 66.8 Å². The van der Waals surface area contributed by atoms with E-state index >= 15 is 0 Å². The van der Waals surface area contributed by atoms with Gasteiger partial charge in [-0.2, -0.15) is 0 Å². The maximum Gasteiger partial charge on any atom is 0.488 e. The fraction of sp³-hybridized carbons (Fsp3) is 0.158. The van der Waals surface area contributed by atoms with Crippen molar-refractivity contribution in [3.63, 3.8) is 0 Å². The zero-order valence-corrected chi connectivity index (χ0v) is 14.4. The third-order valence-electron chi connectivity index (χ3n) is 3.68. The van der Waals surface area contributed by atoms with Crippen LogP contribution in [0.5, 0.6) is 5.75 Å². The fourth-order valence-corrected chi connectivity index (χ4v) is 2.42. The molecule has 0 saturated carbocycles. The molecule has 0 aliphatic heterocycles. The Morgan fingerprint density at radius 2 is 1.83 bits per heavy atom. The summed E-state index contributed by atoms with van der Waals surface area (Å²) in [7, 11) is 0.0797. The molecule has 0 spiro atoms. The summed E-state index contributed by atoms with van der Waals surface area (Å²) in [6.07, 6.45) is 1.87. The van der Waals surface area contributed by atoms with E-state index < -0.39 is 7.12 Å². The SMILES string of the molecule is C/C=C(/N)c1ccc(-c2cc(B(O)O)ccc2OC)cc1C.C=C. The monoisotopic (exact) mass is 325 g/mol. The van der Waals surface area contributed by atoms with E-state index in [0.717, 1.165) is 28.0 Å². The van der Waals surface area contributed by atoms with Gasteiger partial charge in [-0.05, 0) is 42.1 Å². The summed E-state index contributed by atoms with van der Waals surface area (Å²) in [6, 6.07) is 11.0. The molecule has 0 unspecified atom stereocenters. The van der Waals surface area contributed by atoms with Crippen molar-refractivity contribution in [1.29, 1.82) is 0 Å². The third-order valence-corrected chi connectivity index (χ3v) is 3.68. The highest BCUT2D eigenvalue weighted by Crippen LogP contribution is 2.31. The number of benzene rings is 2. The van der Waals surface area contributed by atoms with Gasteiger partial charge in [0, 0.05) is 11.3 Å². The van der Waals surface area contributed by atoms with Crippen LogP contribution in [0.15, 0.2) is 55.6 Å². The lowest BCUT2D eigenvalue weighted by Crippen LogP contribution is -2.29. The summed E-state index contributed by atoms with van der Waals surface area (Å²) < 4.78 is 5.37. The van der Waals surface area contributed by atoms with Crippen LogP contribution in [0.25, 0.3) is 16.8 Å². The number of hydrogen-bond donors (Lipinski definition) is 3. The summed E-state index contributed by atoms with van der Waals surface area (Å²) in [6.45, 7) is 9.89. The highest BCUT2D eigenvalue weighted by molar-refractivity contribution is 6.58. The minimum absolute atomic E-state index is 0.422. The van der Waals surface area contributed by atoms with Crippen molar-refractivity contribution in [2.75, 3.05) is 7.11 Å². The van der Waals surface area contributed by atoms with Crippen LogP contribution in [0.4, 0.5) is 0 Å². The van der Waals surface area contributed by atoms with E-state index in [0.29, 0.717) is 11.2 Å². The summed E-state index contributed by atoms with van der Waals surface area (Å²) in [5.41, 5.74) is 10.9. The number of ether oxygens (including phenoxy) is 1. The van der Waals surface area contributed by atoms with Crippen molar-refractivity contribution in [2.24, 2.45) is 5.73 Å². The molecule has 0 heterocycles. The molecule has 0 fully saturated rings. The summed E-state index contributed by atoms with van der Waals surface area (Å²) in [5, 5.41) is 18.7. The number of rotatable bonds is 4. The Balaban J connectivity index is 0.00000139. The van der Waals surface area contributed by atoms with Crippen LogP contribution in [0.1, 0.15) is 18.1 Å². The third kappa shape index (κ3) is 4.28. The van der Waals surface area contributed by atoms with Crippen LogP contribution in [-0.2, 0) is 0 Å². The molecule has 4 nitrogen and oxygen atoms in total. The molecular formula is C19H24BNO3. The first kappa shape index (κ1) is 19.6. The Morgan fingerprint density at radius 1 is 1.17 bits per heavy atom. The van der Waals surface area contributed by atoms with Crippen LogP contribution in [0.2, 0.25) is 0 Å². The smallest absolute Gasteiger partial charge is 0.488 e. The Bertz CT molecular complexity index is 727. The van der Waals surface area contributed by atoms with E-state index in [4.69, 9.17) is 10.5 Å². The molecule has 0 saturated heterocycles. The van der Waals surface area contributed by atoms with Gasteiger partial charge in [-0.25, -0.2) is 0 Å². The Kier molecular flexibility index (Phi) is 7.30. The molecule has 0 atom stereocenters. The van der Waals surface area contributed by atoms with Crippen LogP contribution >= 0.6 is 0 Å². The maximum absolute atomic E-state index is 9.35. The van der Waals surface area contributed by atoms with Crippen LogP contribution in [0, 0.1) is 6.92 Å². The molecular weight excluding hydrogens is 301 g/mol.